The number of aromatic nitrogens is 3. The van der Waals surface area contributed by atoms with Gasteiger partial charge in [0.15, 0.2) is 5.16 Å². The molecule has 0 aliphatic carbocycles. The molecule has 0 aliphatic heterocycles. The summed E-state index contributed by atoms with van der Waals surface area (Å²) in [5.41, 5.74) is 6.39. The van der Waals surface area contributed by atoms with Crippen molar-refractivity contribution in [1.82, 2.24) is 20.3 Å². The average molecular weight is 291 g/mol. The van der Waals surface area contributed by atoms with Crippen molar-refractivity contribution in [3.63, 3.8) is 0 Å². The molecule has 2 heterocycles. The third-order valence-electron chi connectivity index (χ3n) is 2.71. The molecular weight excluding hydrogens is 274 g/mol. The van der Waals surface area contributed by atoms with Crippen LogP contribution in [0.2, 0.25) is 0 Å². The second kappa shape index (κ2) is 6.53. The van der Waals surface area contributed by atoms with Crippen molar-refractivity contribution in [2.45, 2.75) is 30.1 Å². The topological polar surface area (TPSA) is 96.7 Å². The number of anilines is 1. The highest BCUT2D eigenvalue weighted by Crippen LogP contribution is 2.23. The molecule has 0 aromatic carbocycles. The molecule has 0 saturated carbocycles. The summed E-state index contributed by atoms with van der Waals surface area (Å²) >= 11 is 1.27. The SMILES string of the molecule is CCNC(C)c1ccc(Sc2nc(N)cc(=O)[nH]2)nc1. The zero-order valence-corrected chi connectivity index (χ0v) is 12.2. The second-order valence-electron chi connectivity index (χ2n) is 4.29. The lowest BCUT2D eigenvalue weighted by atomic mass is 10.1. The first-order valence-electron chi connectivity index (χ1n) is 6.32. The molecule has 1 atom stereocenters. The molecule has 106 valence electrons. The Bertz CT molecular complexity index is 625. The number of pyridine rings is 1. The molecule has 0 radical (unpaired) electrons. The Morgan fingerprint density at radius 2 is 2.30 bits per heavy atom. The Labute approximate surface area is 121 Å². The third kappa shape index (κ3) is 3.82. The van der Waals surface area contributed by atoms with Gasteiger partial charge in [-0.1, -0.05) is 13.0 Å². The van der Waals surface area contributed by atoms with Gasteiger partial charge in [0.25, 0.3) is 5.56 Å². The van der Waals surface area contributed by atoms with Crippen LogP contribution in [0.1, 0.15) is 25.5 Å². The first kappa shape index (κ1) is 14.5. The molecule has 7 heteroatoms. The van der Waals surface area contributed by atoms with E-state index in [0.29, 0.717) is 5.16 Å². The van der Waals surface area contributed by atoms with E-state index in [1.165, 1.54) is 17.8 Å². The standard InChI is InChI=1S/C13H17N5OS/c1-3-15-8(2)9-4-5-12(16-7-9)20-13-17-10(14)6-11(19)18-13/h4-8,15H,3H2,1-2H3,(H3,14,17,18,19). The van der Waals surface area contributed by atoms with Gasteiger partial charge >= 0.3 is 0 Å². The van der Waals surface area contributed by atoms with Crippen molar-refractivity contribution in [1.29, 1.82) is 0 Å². The minimum absolute atomic E-state index is 0.202. The first-order valence-corrected chi connectivity index (χ1v) is 7.14. The number of rotatable bonds is 5. The number of hydrogen-bond donors (Lipinski definition) is 3. The summed E-state index contributed by atoms with van der Waals surface area (Å²) in [4.78, 5) is 22.3. The maximum atomic E-state index is 11.3. The molecule has 0 aliphatic rings. The van der Waals surface area contributed by atoms with Crippen molar-refractivity contribution < 1.29 is 0 Å². The molecule has 0 spiro atoms. The molecule has 2 rings (SSSR count). The van der Waals surface area contributed by atoms with Gasteiger partial charge < -0.3 is 16.0 Å². The highest BCUT2D eigenvalue weighted by atomic mass is 32.2. The van der Waals surface area contributed by atoms with Crippen LogP contribution in [0, 0.1) is 0 Å². The van der Waals surface area contributed by atoms with Crippen molar-refractivity contribution in [3.8, 4) is 0 Å². The van der Waals surface area contributed by atoms with Crippen molar-refractivity contribution in [2.75, 3.05) is 12.3 Å². The summed E-state index contributed by atoms with van der Waals surface area (Å²) in [7, 11) is 0. The molecule has 0 saturated heterocycles. The Morgan fingerprint density at radius 3 is 2.90 bits per heavy atom. The normalized spacial score (nSPS) is 12.3. The van der Waals surface area contributed by atoms with E-state index < -0.39 is 0 Å². The average Bonchev–Trinajstić information content (AvgIpc) is 2.38. The van der Waals surface area contributed by atoms with Crippen LogP contribution in [0.4, 0.5) is 5.82 Å². The minimum Gasteiger partial charge on any atom is -0.383 e. The van der Waals surface area contributed by atoms with Crippen LogP contribution in [0.25, 0.3) is 0 Å². The quantitative estimate of drug-likeness (QED) is 0.724. The van der Waals surface area contributed by atoms with E-state index in [9.17, 15) is 4.79 Å². The zero-order valence-electron chi connectivity index (χ0n) is 11.4. The molecule has 0 amide bonds. The summed E-state index contributed by atoms with van der Waals surface area (Å²) in [6, 6.07) is 5.42. The molecule has 2 aromatic rings. The highest BCUT2D eigenvalue weighted by molar-refractivity contribution is 7.99. The fraction of sp³-hybridized carbons (Fsp3) is 0.308. The molecule has 4 N–H and O–H groups in total. The number of nitrogens with two attached hydrogens (primary N) is 1. The van der Waals surface area contributed by atoms with Crippen LogP contribution in [0.5, 0.6) is 0 Å². The summed E-state index contributed by atoms with van der Waals surface area (Å²) in [5, 5.41) is 4.52. The largest absolute Gasteiger partial charge is 0.383 e. The maximum Gasteiger partial charge on any atom is 0.253 e. The molecule has 0 bridgehead atoms. The van der Waals surface area contributed by atoms with Gasteiger partial charge in [-0.3, -0.25) is 4.79 Å². The van der Waals surface area contributed by atoms with Crippen molar-refractivity contribution >= 4 is 17.6 Å². The van der Waals surface area contributed by atoms with Crippen LogP contribution in [0.15, 0.2) is 39.4 Å². The van der Waals surface area contributed by atoms with Crippen molar-refractivity contribution in [2.24, 2.45) is 0 Å². The van der Waals surface area contributed by atoms with Crippen LogP contribution >= 0.6 is 11.8 Å². The molecule has 0 fully saturated rings. The van der Waals surface area contributed by atoms with E-state index in [2.05, 4.69) is 34.1 Å². The fourth-order valence-electron chi connectivity index (χ4n) is 1.73. The number of nitrogens with one attached hydrogen (secondary N) is 2. The lowest BCUT2D eigenvalue weighted by molar-refractivity contribution is 0.595. The predicted octanol–water partition coefficient (Wildman–Crippen LogP) is 1.57. The van der Waals surface area contributed by atoms with Gasteiger partial charge in [-0.15, -0.1) is 0 Å². The van der Waals surface area contributed by atoms with Crippen LogP contribution in [0.3, 0.4) is 0 Å². The molecule has 6 nitrogen and oxygen atoms in total. The monoisotopic (exact) mass is 291 g/mol. The van der Waals surface area contributed by atoms with Gasteiger partial charge in [-0.25, -0.2) is 9.97 Å². The Balaban J connectivity index is 2.12. The van der Waals surface area contributed by atoms with Gasteiger partial charge in [-0.05, 0) is 36.9 Å². The predicted molar refractivity (Wildman–Crippen MR) is 79.7 cm³/mol. The lowest BCUT2D eigenvalue weighted by Gasteiger charge is -2.12. The Morgan fingerprint density at radius 1 is 1.50 bits per heavy atom. The van der Waals surface area contributed by atoms with Gasteiger partial charge in [0.2, 0.25) is 0 Å². The number of nitrogen functional groups attached to an aromatic ring is 1. The Hall–Kier alpha value is -1.86. The molecule has 20 heavy (non-hydrogen) atoms. The highest BCUT2D eigenvalue weighted by Gasteiger charge is 2.06. The van der Waals surface area contributed by atoms with E-state index in [1.807, 2.05) is 18.3 Å². The molecule has 2 aromatic heterocycles. The van der Waals surface area contributed by atoms with Gasteiger partial charge in [0.1, 0.15) is 10.8 Å². The summed E-state index contributed by atoms with van der Waals surface area (Å²) in [5.74, 6) is 0.202. The minimum atomic E-state index is -0.266. The van der Waals surface area contributed by atoms with E-state index >= 15 is 0 Å². The maximum absolute atomic E-state index is 11.3. The van der Waals surface area contributed by atoms with Crippen LogP contribution in [-0.4, -0.2) is 21.5 Å². The summed E-state index contributed by atoms with van der Waals surface area (Å²) < 4.78 is 0. The lowest BCUT2D eigenvalue weighted by Crippen LogP contribution is -2.17. The fourth-order valence-corrected chi connectivity index (χ4v) is 2.48. The van der Waals surface area contributed by atoms with Crippen LogP contribution < -0.4 is 16.6 Å². The number of H-pyrrole nitrogens is 1. The van der Waals surface area contributed by atoms with Gasteiger partial charge in [0.05, 0.1) is 0 Å². The van der Waals surface area contributed by atoms with E-state index in [0.717, 1.165) is 17.1 Å². The zero-order chi connectivity index (χ0) is 14.5. The number of aromatic amines is 1. The Kier molecular flexibility index (Phi) is 4.75. The van der Waals surface area contributed by atoms with Gasteiger partial charge in [0, 0.05) is 18.3 Å². The van der Waals surface area contributed by atoms with Crippen molar-refractivity contribution in [3.05, 3.63) is 40.3 Å². The molecule has 1 unspecified atom stereocenters. The van der Waals surface area contributed by atoms with E-state index in [4.69, 9.17) is 5.73 Å². The number of nitrogens with zero attached hydrogens (tertiary/aromatic N) is 2. The number of hydrogen-bond acceptors (Lipinski definition) is 6. The third-order valence-corrected chi connectivity index (χ3v) is 3.55. The summed E-state index contributed by atoms with van der Waals surface area (Å²) in [6.07, 6.45) is 1.82. The summed E-state index contributed by atoms with van der Waals surface area (Å²) in [6.45, 7) is 5.06. The van der Waals surface area contributed by atoms with E-state index in [1.54, 1.807) is 0 Å². The smallest absolute Gasteiger partial charge is 0.253 e. The van der Waals surface area contributed by atoms with E-state index in [-0.39, 0.29) is 17.4 Å². The molecular formula is C13H17N5OS. The van der Waals surface area contributed by atoms with Gasteiger partial charge in [-0.2, -0.15) is 0 Å². The second-order valence-corrected chi connectivity index (χ2v) is 5.30. The first-order chi connectivity index (χ1) is 9.58. The van der Waals surface area contributed by atoms with Crippen LogP contribution in [-0.2, 0) is 0 Å².